The number of benzene rings is 1. The summed E-state index contributed by atoms with van der Waals surface area (Å²) in [6.07, 6.45) is 5.22. The lowest BCUT2D eigenvalue weighted by Crippen LogP contribution is -2.50. The maximum absolute atomic E-state index is 13.0. The van der Waals surface area contributed by atoms with Crippen molar-refractivity contribution < 1.29 is 23.8 Å². The van der Waals surface area contributed by atoms with E-state index in [2.05, 4.69) is 16.7 Å². The number of nitrogens with one attached hydrogen (secondary N) is 2. The molecule has 2 aliphatic rings. The van der Waals surface area contributed by atoms with Gasteiger partial charge in [0.25, 0.3) is 5.91 Å². The van der Waals surface area contributed by atoms with Gasteiger partial charge in [-0.3, -0.25) is 9.59 Å². The van der Waals surface area contributed by atoms with Gasteiger partial charge >= 0.3 is 0 Å². The van der Waals surface area contributed by atoms with E-state index in [1.807, 2.05) is 0 Å². The molecule has 2 amide bonds. The Labute approximate surface area is 176 Å². The molecule has 2 N–H and O–H groups in total. The van der Waals surface area contributed by atoms with E-state index in [0.29, 0.717) is 29.2 Å². The fourth-order valence-corrected chi connectivity index (χ4v) is 4.03. The molecule has 0 bridgehead atoms. The number of rotatable bonds is 8. The summed E-state index contributed by atoms with van der Waals surface area (Å²) < 4.78 is 15.9. The van der Waals surface area contributed by atoms with Crippen LogP contribution in [0.25, 0.3) is 0 Å². The van der Waals surface area contributed by atoms with Gasteiger partial charge in [0.1, 0.15) is 6.04 Å². The third kappa shape index (κ3) is 4.78. The first-order chi connectivity index (χ1) is 14.5. The molecular weight excluding hydrogens is 386 g/mol. The number of hydrogen-bond donors (Lipinski definition) is 2. The van der Waals surface area contributed by atoms with Gasteiger partial charge in [0, 0.05) is 11.6 Å². The van der Waals surface area contributed by atoms with Crippen molar-refractivity contribution >= 4 is 11.8 Å². The van der Waals surface area contributed by atoms with Gasteiger partial charge in [-0.15, -0.1) is 0 Å². The smallest absolute Gasteiger partial charge is 0.251 e. The summed E-state index contributed by atoms with van der Waals surface area (Å²) in [5.74, 6) is 0.645. The van der Waals surface area contributed by atoms with E-state index in [1.165, 1.54) is 21.3 Å². The van der Waals surface area contributed by atoms with Gasteiger partial charge in [-0.25, -0.2) is 0 Å². The van der Waals surface area contributed by atoms with Crippen molar-refractivity contribution in [2.45, 2.75) is 50.6 Å². The van der Waals surface area contributed by atoms with Crippen LogP contribution in [0, 0.1) is 23.2 Å². The molecule has 1 aromatic rings. The molecule has 0 spiro atoms. The van der Waals surface area contributed by atoms with E-state index in [9.17, 15) is 14.9 Å². The van der Waals surface area contributed by atoms with Gasteiger partial charge in [-0.2, -0.15) is 5.26 Å². The van der Waals surface area contributed by atoms with E-state index in [0.717, 1.165) is 32.1 Å². The second-order valence-corrected chi connectivity index (χ2v) is 7.84. The van der Waals surface area contributed by atoms with Crippen LogP contribution in [0.15, 0.2) is 12.1 Å². The average molecular weight is 415 g/mol. The van der Waals surface area contributed by atoms with Crippen LogP contribution in [0.3, 0.4) is 0 Å². The second kappa shape index (κ2) is 9.70. The fourth-order valence-electron chi connectivity index (χ4n) is 4.03. The lowest BCUT2D eigenvalue weighted by atomic mass is 9.83. The summed E-state index contributed by atoms with van der Waals surface area (Å²) in [6.45, 7) is 0. The number of nitriles is 1. The molecule has 2 aliphatic carbocycles. The molecule has 0 aliphatic heterocycles. The Balaban J connectivity index is 1.73. The van der Waals surface area contributed by atoms with Gasteiger partial charge < -0.3 is 24.8 Å². The second-order valence-electron chi connectivity index (χ2n) is 7.84. The van der Waals surface area contributed by atoms with Crippen molar-refractivity contribution in [3.05, 3.63) is 17.7 Å². The highest BCUT2D eigenvalue weighted by Gasteiger charge is 2.37. The summed E-state index contributed by atoms with van der Waals surface area (Å²) in [7, 11) is 4.49. The Morgan fingerprint density at radius 3 is 2.20 bits per heavy atom. The molecule has 0 aromatic heterocycles. The molecule has 0 heterocycles. The van der Waals surface area contributed by atoms with Gasteiger partial charge in [0.2, 0.25) is 11.7 Å². The normalized spacial score (nSPS) is 21.7. The Morgan fingerprint density at radius 2 is 1.67 bits per heavy atom. The predicted octanol–water partition coefficient (Wildman–Crippen LogP) is 2.42. The van der Waals surface area contributed by atoms with Crippen LogP contribution in [0.4, 0.5) is 0 Å². The third-order valence-electron chi connectivity index (χ3n) is 5.88. The number of carbonyl (C=O) groups is 2. The van der Waals surface area contributed by atoms with Crippen molar-refractivity contribution in [1.29, 1.82) is 5.26 Å². The van der Waals surface area contributed by atoms with E-state index in [-0.39, 0.29) is 29.7 Å². The molecule has 1 aromatic carbocycles. The first-order valence-electron chi connectivity index (χ1n) is 10.3. The zero-order valence-corrected chi connectivity index (χ0v) is 17.7. The predicted molar refractivity (Wildman–Crippen MR) is 110 cm³/mol. The molecule has 1 unspecified atom stereocenters. The molecule has 0 saturated heterocycles. The summed E-state index contributed by atoms with van der Waals surface area (Å²) in [5.41, 5.74) is 0.363. The Hall–Kier alpha value is -2.95. The lowest BCUT2D eigenvalue weighted by molar-refractivity contribution is -0.127. The standard InChI is InChI=1S/C22H29N3O5/c1-28-18-10-14(11-19(29-2)20(18)30-3)21(26)24-16-7-5-4-6-15(16)22(27)25-17(12-23)13-8-9-13/h10-11,13,15-17H,4-9H2,1-3H3,(H,24,26)(H,25,27)/t15-,16+,17?/m0/s1. The van der Waals surface area contributed by atoms with E-state index < -0.39 is 6.04 Å². The van der Waals surface area contributed by atoms with Crippen molar-refractivity contribution in [1.82, 2.24) is 10.6 Å². The van der Waals surface area contributed by atoms with E-state index in [4.69, 9.17) is 14.2 Å². The lowest BCUT2D eigenvalue weighted by Gasteiger charge is -2.32. The minimum Gasteiger partial charge on any atom is -0.493 e. The largest absolute Gasteiger partial charge is 0.493 e. The van der Waals surface area contributed by atoms with Crippen LogP contribution in [0.2, 0.25) is 0 Å². The number of ether oxygens (including phenoxy) is 3. The first-order valence-corrected chi connectivity index (χ1v) is 10.3. The maximum atomic E-state index is 13.0. The highest BCUT2D eigenvalue weighted by molar-refractivity contribution is 5.96. The highest BCUT2D eigenvalue weighted by Crippen LogP contribution is 2.38. The third-order valence-corrected chi connectivity index (χ3v) is 5.88. The molecule has 8 heteroatoms. The van der Waals surface area contributed by atoms with Crippen LogP contribution in [-0.4, -0.2) is 45.2 Å². The zero-order chi connectivity index (χ0) is 21.7. The first kappa shape index (κ1) is 21.8. The molecular formula is C22H29N3O5. The molecule has 8 nitrogen and oxygen atoms in total. The van der Waals surface area contributed by atoms with Gasteiger partial charge in [0.05, 0.1) is 33.3 Å². The van der Waals surface area contributed by atoms with Gasteiger partial charge in [-0.05, 0) is 43.7 Å². The number of amides is 2. The Kier molecular flexibility index (Phi) is 7.03. The van der Waals surface area contributed by atoms with Crippen LogP contribution in [-0.2, 0) is 4.79 Å². The quantitative estimate of drug-likeness (QED) is 0.675. The zero-order valence-electron chi connectivity index (χ0n) is 17.7. The summed E-state index contributed by atoms with van der Waals surface area (Å²) in [4.78, 5) is 25.8. The molecule has 3 atom stereocenters. The SMILES string of the molecule is COc1cc(C(=O)N[C@@H]2CCCC[C@@H]2C(=O)NC(C#N)C2CC2)cc(OC)c1OC. The molecule has 30 heavy (non-hydrogen) atoms. The monoisotopic (exact) mass is 415 g/mol. The molecule has 0 radical (unpaired) electrons. The minimum atomic E-state index is -0.439. The van der Waals surface area contributed by atoms with Crippen molar-refractivity contribution in [2.24, 2.45) is 11.8 Å². The minimum absolute atomic E-state index is 0.150. The van der Waals surface area contributed by atoms with Gasteiger partial charge in [0.15, 0.2) is 11.5 Å². The topological polar surface area (TPSA) is 110 Å². The van der Waals surface area contributed by atoms with Crippen molar-refractivity contribution in [2.75, 3.05) is 21.3 Å². The van der Waals surface area contributed by atoms with Gasteiger partial charge in [-0.1, -0.05) is 12.8 Å². The van der Waals surface area contributed by atoms with E-state index in [1.54, 1.807) is 12.1 Å². The maximum Gasteiger partial charge on any atom is 0.251 e. The van der Waals surface area contributed by atoms with Crippen LogP contribution in [0.1, 0.15) is 48.9 Å². The van der Waals surface area contributed by atoms with Crippen LogP contribution < -0.4 is 24.8 Å². The van der Waals surface area contributed by atoms with Crippen molar-refractivity contribution in [3.63, 3.8) is 0 Å². The number of carbonyl (C=O) groups excluding carboxylic acids is 2. The number of hydrogen-bond acceptors (Lipinski definition) is 6. The molecule has 2 fully saturated rings. The summed E-state index contributed by atoms with van der Waals surface area (Å²) in [6, 6.07) is 4.65. The van der Waals surface area contributed by atoms with E-state index >= 15 is 0 Å². The summed E-state index contributed by atoms with van der Waals surface area (Å²) in [5, 5.41) is 15.2. The van der Waals surface area contributed by atoms with Crippen LogP contribution in [0.5, 0.6) is 17.2 Å². The Bertz CT molecular complexity index is 806. The molecule has 162 valence electrons. The fraction of sp³-hybridized carbons (Fsp3) is 0.591. The molecule has 3 rings (SSSR count). The average Bonchev–Trinajstić information content (AvgIpc) is 3.61. The summed E-state index contributed by atoms with van der Waals surface area (Å²) >= 11 is 0. The highest BCUT2D eigenvalue weighted by atomic mass is 16.5. The number of nitrogens with zero attached hydrogens (tertiary/aromatic N) is 1. The number of methoxy groups -OCH3 is 3. The van der Waals surface area contributed by atoms with Crippen LogP contribution >= 0.6 is 0 Å². The van der Waals surface area contributed by atoms with Crippen molar-refractivity contribution in [3.8, 4) is 23.3 Å². The molecule has 2 saturated carbocycles. The Morgan fingerprint density at radius 1 is 1.03 bits per heavy atom.